The Kier molecular flexibility index (Phi) is 34.5. The molecule has 0 spiro atoms. The van der Waals surface area contributed by atoms with Crippen LogP contribution >= 0.6 is 0 Å². The quantitative estimate of drug-likeness (QED) is 0.0440. The van der Waals surface area contributed by atoms with Crippen LogP contribution in [0, 0.1) is 0 Å². The first-order chi connectivity index (χ1) is 21.6. The second-order valence-electron chi connectivity index (χ2n) is 12.7. The number of hydrogen-bond acceptors (Lipinski definition) is 5. The van der Waals surface area contributed by atoms with Crippen LogP contribution in [0.5, 0.6) is 0 Å². The van der Waals surface area contributed by atoms with E-state index >= 15 is 0 Å². The number of unbranched alkanes of at least 4 members (excludes halogenated alkanes) is 22. The third kappa shape index (κ3) is 33.3. The second-order valence-corrected chi connectivity index (χ2v) is 12.7. The van der Waals surface area contributed by atoms with Crippen LogP contribution in [0.15, 0.2) is 24.3 Å². The highest BCUT2D eigenvalue weighted by atomic mass is 16.6. The van der Waals surface area contributed by atoms with Crippen molar-refractivity contribution in [1.29, 1.82) is 0 Å². The first-order valence-corrected chi connectivity index (χ1v) is 18.9. The molecule has 0 fully saturated rings. The number of rotatable bonds is 34. The van der Waals surface area contributed by atoms with Gasteiger partial charge < -0.3 is 14.6 Å². The number of allylic oxidation sites excluding steroid dienone is 4. The maximum Gasteiger partial charge on any atom is 0.306 e. The number of aliphatic hydroxyl groups excluding tert-OH is 1. The van der Waals surface area contributed by atoms with E-state index in [1.807, 2.05) is 0 Å². The van der Waals surface area contributed by atoms with Crippen molar-refractivity contribution in [3.8, 4) is 0 Å². The molecule has 0 aromatic heterocycles. The molecule has 0 aliphatic carbocycles. The van der Waals surface area contributed by atoms with Gasteiger partial charge in [0.25, 0.3) is 0 Å². The van der Waals surface area contributed by atoms with Crippen LogP contribution in [0.25, 0.3) is 0 Å². The standard InChI is InChI=1S/C39H72O5/c1-3-5-7-9-11-13-15-17-19-21-23-25-27-29-31-33-38(41)43-36-37(35-40)44-39(42)34-32-30-28-26-24-22-20-18-16-14-12-10-8-6-4-2/h11,13,17,19,37,40H,3-10,12,14-16,18,20-36H2,1-2H3/b13-11-,19-17-/t37-/m1/s1. The first-order valence-electron chi connectivity index (χ1n) is 18.9. The Labute approximate surface area is 273 Å². The average Bonchev–Trinajstić information content (AvgIpc) is 3.02. The van der Waals surface area contributed by atoms with Crippen molar-refractivity contribution in [3.63, 3.8) is 0 Å². The molecule has 0 aliphatic rings. The molecule has 0 rings (SSSR count). The number of esters is 2. The van der Waals surface area contributed by atoms with Crippen molar-refractivity contribution in [2.24, 2.45) is 0 Å². The zero-order valence-corrected chi connectivity index (χ0v) is 29.2. The normalized spacial score (nSPS) is 12.3. The van der Waals surface area contributed by atoms with Crippen molar-refractivity contribution < 1.29 is 24.2 Å². The average molecular weight is 621 g/mol. The predicted octanol–water partition coefficient (Wildman–Crippen LogP) is 11.5. The van der Waals surface area contributed by atoms with E-state index in [1.165, 1.54) is 116 Å². The number of carbonyl (C=O) groups excluding carboxylic acids is 2. The fraction of sp³-hybridized carbons (Fsp3) is 0.846. The van der Waals surface area contributed by atoms with Gasteiger partial charge in [-0.15, -0.1) is 0 Å². The summed E-state index contributed by atoms with van der Waals surface area (Å²) in [6.07, 6.45) is 40.9. The Hall–Kier alpha value is -1.62. The molecule has 0 unspecified atom stereocenters. The molecule has 1 atom stereocenters. The molecule has 0 amide bonds. The fourth-order valence-electron chi connectivity index (χ4n) is 5.35. The van der Waals surface area contributed by atoms with Gasteiger partial charge in [0.2, 0.25) is 0 Å². The van der Waals surface area contributed by atoms with Gasteiger partial charge in [-0.05, 0) is 44.9 Å². The number of hydrogen-bond donors (Lipinski definition) is 1. The van der Waals surface area contributed by atoms with Gasteiger partial charge in [0, 0.05) is 12.8 Å². The number of aliphatic hydroxyl groups is 1. The van der Waals surface area contributed by atoms with Crippen LogP contribution in [0.2, 0.25) is 0 Å². The van der Waals surface area contributed by atoms with E-state index in [0.717, 1.165) is 51.4 Å². The summed E-state index contributed by atoms with van der Waals surface area (Å²) in [4.78, 5) is 24.2. The Morgan fingerprint density at radius 2 is 0.909 bits per heavy atom. The van der Waals surface area contributed by atoms with Crippen molar-refractivity contribution in [3.05, 3.63) is 24.3 Å². The molecule has 0 radical (unpaired) electrons. The minimum Gasteiger partial charge on any atom is -0.462 e. The van der Waals surface area contributed by atoms with Gasteiger partial charge in [-0.1, -0.05) is 160 Å². The highest BCUT2D eigenvalue weighted by Gasteiger charge is 2.16. The van der Waals surface area contributed by atoms with Gasteiger partial charge in [-0.3, -0.25) is 9.59 Å². The molecule has 0 aromatic carbocycles. The Morgan fingerprint density at radius 3 is 1.39 bits per heavy atom. The SMILES string of the molecule is CCCCC/C=C\C/C=C\CCCCCCCC(=O)OC[C@@H](CO)OC(=O)CCCCCCCCCCCCCCCCC. The summed E-state index contributed by atoms with van der Waals surface area (Å²) in [5, 5.41) is 9.53. The third-order valence-electron chi connectivity index (χ3n) is 8.25. The number of carbonyl (C=O) groups is 2. The van der Waals surface area contributed by atoms with E-state index in [4.69, 9.17) is 9.47 Å². The van der Waals surface area contributed by atoms with Crippen LogP contribution in [0.1, 0.15) is 194 Å². The summed E-state index contributed by atoms with van der Waals surface area (Å²) in [6.45, 7) is 4.10. The molecule has 5 heteroatoms. The molecule has 5 nitrogen and oxygen atoms in total. The Morgan fingerprint density at radius 1 is 0.523 bits per heavy atom. The molecule has 44 heavy (non-hydrogen) atoms. The first kappa shape index (κ1) is 42.4. The Bertz CT molecular complexity index is 671. The van der Waals surface area contributed by atoms with E-state index in [0.29, 0.717) is 12.8 Å². The summed E-state index contributed by atoms with van der Waals surface area (Å²) >= 11 is 0. The van der Waals surface area contributed by atoms with Gasteiger partial charge in [-0.2, -0.15) is 0 Å². The van der Waals surface area contributed by atoms with Gasteiger partial charge >= 0.3 is 11.9 Å². The van der Waals surface area contributed by atoms with Crippen LogP contribution in [0.4, 0.5) is 0 Å². The van der Waals surface area contributed by atoms with Crippen LogP contribution in [-0.4, -0.2) is 36.4 Å². The lowest BCUT2D eigenvalue weighted by atomic mass is 10.0. The van der Waals surface area contributed by atoms with Crippen molar-refractivity contribution >= 4 is 11.9 Å². The van der Waals surface area contributed by atoms with Crippen molar-refractivity contribution in [2.75, 3.05) is 13.2 Å². The minimum absolute atomic E-state index is 0.0693. The highest BCUT2D eigenvalue weighted by Crippen LogP contribution is 2.14. The van der Waals surface area contributed by atoms with E-state index in [2.05, 4.69) is 38.2 Å². The Balaban J connectivity index is 3.56. The molecule has 1 N–H and O–H groups in total. The molecule has 0 saturated carbocycles. The predicted molar refractivity (Wildman–Crippen MR) is 187 cm³/mol. The summed E-state index contributed by atoms with van der Waals surface area (Å²) in [5.74, 6) is -0.601. The fourth-order valence-corrected chi connectivity index (χ4v) is 5.35. The van der Waals surface area contributed by atoms with Crippen LogP contribution in [0.3, 0.4) is 0 Å². The summed E-state index contributed by atoms with van der Waals surface area (Å²) < 4.78 is 10.6. The zero-order valence-electron chi connectivity index (χ0n) is 29.2. The molecule has 0 aliphatic heterocycles. The molecule has 0 heterocycles. The molecule has 0 saturated heterocycles. The maximum atomic E-state index is 12.1. The topological polar surface area (TPSA) is 72.8 Å². The van der Waals surface area contributed by atoms with Crippen molar-refractivity contribution in [2.45, 2.75) is 200 Å². The summed E-state index contributed by atoms with van der Waals surface area (Å²) in [7, 11) is 0. The lowest BCUT2D eigenvalue weighted by Gasteiger charge is -2.15. The largest absolute Gasteiger partial charge is 0.462 e. The summed E-state index contributed by atoms with van der Waals surface area (Å²) in [6, 6.07) is 0. The third-order valence-corrected chi connectivity index (χ3v) is 8.25. The molecule has 0 aromatic rings. The monoisotopic (exact) mass is 621 g/mol. The van der Waals surface area contributed by atoms with E-state index < -0.39 is 6.10 Å². The van der Waals surface area contributed by atoms with Gasteiger partial charge in [0.1, 0.15) is 6.61 Å². The zero-order chi connectivity index (χ0) is 32.2. The second kappa shape index (κ2) is 35.9. The summed E-state index contributed by atoms with van der Waals surface area (Å²) in [5.41, 5.74) is 0. The van der Waals surface area contributed by atoms with E-state index in [9.17, 15) is 14.7 Å². The van der Waals surface area contributed by atoms with E-state index in [1.54, 1.807) is 0 Å². The smallest absolute Gasteiger partial charge is 0.306 e. The maximum absolute atomic E-state index is 12.1. The molecule has 0 bridgehead atoms. The molecular weight excluding hydrogens is 548 g/mol. The molecular formula is C39H72O5. The van der Waals surface area contributed by atoms with Crippen molar-refractivity contribution in [1.82, 2.24) is 0 Å². The lowest BCUT2D eigenvalue weighted by molar-refractivity contribution is -0.161. The van der Waals surface area contributed by atoms with Crippen LogP contribution < -0.4 is 0 Å². The minimum atomic E-state index is -0.771. The van der Waals surface area contributed by atoms with Gasteiger partial charge in [-0.25, -0.2) is 0 Å². The van der Waals surface area contributed by atoms with Gasteiger partial charge in [0.05, 0.1) is 6.61 Å². The number of ether oxygens (including phenoxy) is 2. The van der Waals surface area contributed by atoms with E-state index in [-0.39, 0.29) is 25.2 Å². The highest BCUT2D eigenvalue weighted by molar-refractivity contribution is 5.70. The van der Waals surface area contributed by atoms with Gasteiger partial charge in [0.15, 0.2) is 6.10 Å². The lowest BCUT2D eigenvalue weighted by Crippen LogP contribution is -2.28. The van der Waals surface area contributed by atoms with Crippen LogP contribution in [-0.2, 0) is 19.1 Å². The molecule has 258 valence electrons.